The summed E-state index contributed by atoms with van der Waals surface area (Å²) in [6.07, 6.45) is -2.24. The van der Waals surface area contributed by atoms with Gasteiger partial charge in [0.1, 0.15) is 23.9 Å². The Morgan fingerprint density at radius 1 is 1.16 bits per heavy atom. The molecule has 4 rings (SSSR count). The first kappa shape index (κ1) is 27.0. The lowest BCUT2D eigenvalue weighted by Crippen LogP contribution is -2.55. The van der Waals surface area contributed by atoms with Crippen LogP contribution in [0.3, 0.4) is 0 Å². The summed E-state index contributed by atoms with van der Waals surface area (Å²) in [4.78, 5) is 49.6. The van der Waals surface area contributed by atoms with Crippen molar-refractivity contribution < 1.29 is 57.8 Å². The van der Waals surface area contributed by atoms with E-state index in [2.05, 4.69) is 6.58 Å². The average molecular weight is 523 g/mol. The average Bonchev–Trinajstić information content (AvgIpc) is 3.24. The van der Waals surface area contributed by atoms with Crippen LogP contribution in [0.25, 0.3) is 0 Å². The number of esters is 4. The SMILES string of the molecule is C=C(C(=O)OC)[C@@H]1C[C@@H](OC(C)=O)C2=C[C@H](C[C@]3(C)O[C@@H]3[C@]3(O)C=C(C)[C@@](O)(O3)[C@H]1OC(C)=O)OC2=O. The van der Waals surface area contributed by atoms with Crippen LogP contribution in [-0.2, 0) is 47.6 Å². The molecule has 0 spiro atoms. The van der Waals surface area contributed by atoms with Gasteiger partial charge in [0.15, 0.2) is 6.10 Å². The first-order valence-electron chi connectivity index (χ1n) is 11.7. The van der Waals surface area contributed by atoms with Crippen molar-refractivity contribution in [2.24, 2.45) is 5.92 Å². The standard InChI is InChI=1S/C25H30O12/c1-11-9-24(30)22-23(5,36-22)10-15-7-17(21(29)35-15)18(33-13(3)26)8-16(12(2)20(28)32-6)19(34-14(4)27)25(11,31)37-24/h7,9,15-16,18-19,22,30-31H,2,8,10H2,1,3-6H3/t15-,16+,18-,19+,22+,23+,24+,25-/m1/s1. The first-order chi connectivity index (χ1) is 17.1. The van der Waals surface area contributed by atoms with Gasteiger partial charge in [0.25, 0.3) is 0 Å². The Morgan fingerprint density at radius 3 is 2.41 bits per heavy atom. The highest BCUT2D eigenvalue weighted by Crippen LogP contribution is 2.54. The molecule has 4 bridgehead atoms. The predicted molar refractivity (Wildman–Crippen MR) is 121 cm³/mol. The number of hydrogen-bond acceptors (Lipinski definition) is 12. The van der Waals surface area contributed by atoms with Crippen LogP contribution in [0.1, 0.15) is 40.5 Å². The number of methoxy groups -OCH3 is 1. The summed E-state index contributed by atoms with van der Waals surface area (Å²) in [5, 5.41) is 23.2. The molecule has 0 radical (unpaired) electrons. The number of epoxide rings is 1. The van der Waals surface area contributed by atoms with Crippen LogP contribution in [-0.4, -0.2) is 82.8 Å². The lowest BCUT2D eigenvalue weighted by molar-refractivity contribution is -0.320. The molecule has 0 aromatic carbocycles. The van der Waals surface area contributed by atoms with Crippen LogP contribution in [0.5, 0.6) is 0 Å². The molecule has 8 atom stereocenters. The van der Waals surface area contributed by atoms with Crippen molar-refractivity contribution in [1.82, 2.24) is 0 Å². The smallest absolute Gasteiger partial charge is 0.338 e. The molecule has 0 aromatic rings. The summed E-state index contributed by atoms with van der Waals surface area (Å²) >= 11 is 0. The summed E-state index contributed by atoms with van der Waals surface area (Å²) in [5.74, 6) is -9.20. The third kappa shape index (κ3) is 4.70. The van der Waals surface area contributed by atoms with Crippen LogP contribution in [0, 0.1) is 5.92 Å². The Hall–Kier alpha value is -3.06. The zero-order valence-corrected chi connectivity index (χ0v) is 21.1. The molecule has 2 N–H and O–H groups in total. The van der Waals surface area contributed by atoms with Crippen molar-refractivity contribution in [1.29, 1.82) is 0 Å². The first-order valence-corrected chi connectivity index (χ1v) is 11.7. The molecular weight excluding hydrogens is 492 g/mol. The Morgan fingerprint density at radius 2 is 1.81 bits per heavy atom. The monoisotopic (exact) mass is 522 g/mol. The van der Waals surface area contributed by atoms with Crippen molar-refractivity contribution in [3.63, 3.8) is 0 Å². The third-order valence-electron chi connectivity index (χ3n) is 7.10. The molecule has 0 aromatic heterocycles. The second kappa shape index (κ2) is 9.05. The van der Waals surface area contributed by atoms with E-state index in [0.717, 1.165) is 21.0 Å². The van der Waals surface area contributed by atoms with Crippen LogP contribution in [0.15, 0.2) is 35.5 Å². The van der Waals surface area contributed by atoms with Crippen LogP contribution in [0.2, 0.25) is 0 Å². The fourth-order valence-electron chi connectivity index (χ4n) is 5.36. The van der Waals surface area contributed by atoms with E-state index in [-0.39, 0.29) is 29.6 Å². The van der Waals surface area contributed by atoms with Crippen molar-refractivity contribution in [2.45, 2.75) is 82.1 Å². The summed E-state index contributed by atoms with van der Waals surface area (Å²) in [7, 11) is 1.11. The molecule has 0 aliphatic carbocycles. The van der Waals surface area contributed by atoms with E-state index in [1.165, 1.54) is 19.1 Å². The van der Waals surface area contributed by atoms with Crippen molar-refractivity contribution in [3.05, 3.63) is 35.5 Å². The number of hydrogen-bond donors (Lipinski definition) is 2. The lowest BCUT2D eigenvalue weighted by Gasteiger charge is -2.40. The predicted octanol–water partition coefficient (Wildman–Crippen LogP) is 0.352. The van der Waals surface area contributed by atoms with Crippen molar-refractivity contribution in [3.8, 4) is 0 Å². The molecule has 0 amide bonds. The highest BCUT2D eigenvalue weighted by Gasteiger charge is 2.69. The maximum Gasteiger partial charge on any atom is 0.338 e. The van der Waals surface area contributed by atoms with Gasteiger partial charge in [-0.15, -0.1) is 0 Å². The van der Waals surface area contributed by atoms with E-state index in [1.54, 1.807) is 6.92 Å². The van der Waals surface area contributed by atoms with Crippen LogP contribution >= 0.6 is 0 Å². The van der Waals surface area contributed by atoms with Gasteiger partial charge < -0.3 is 38.6 Å². The number of fused-ring (bicyclic) bond motifs is 5. The van der Waals surface area contributed by atoms with Gasteiger partial charge in [-0.1, -0.05) is 6.58 Å². The van der Waals surface area contributed by atoms with Gasteiger partial charge in [-0.3, -0.25) is 9.59 Å². The second-order valence-electron chi connectivity index (χ2n) is 9.95. The van der Waals surface area contributed by atoms with E-state index in [9.17, 15) is 29.4 Å². The van der Waals surface area contributed by atoms with E-state index in [1.807, 2.05) is 0 Å². The van der Waals surface area contributed by atoms with Gasteiger partial charge in [0.05, 0.1) is 12.7 Å². The van der Waals surface area contributed by atoms with Gasteiger partial charge >= 0.3 is 23.9 Å². The minimum atomic E-state index is -2.46. The fraction of sp³-hybridized carbons (Fsp3) is 0.600. The Labute approximate surface area is 212 Å². The maximum absolute atomic E-state index is 12.8. The van der Waals surface area contributed by atoms with Crippen LogP contribution in [0.4, 0.5) is 0 Å². The molecule has 1 fully saturated rings. The minimum absolute atomic E-state index is 0.00599. The van der Waals surface area contributed by atoms with E-state index >= 15 is 0 Å². The normalized spacial score (nSPS) is 40.4. The molecule has 4 aliphatic heterocycles. The molecule has 0 unspecified atom stereocenters. The zero-order valence-electron chi connectivity index (χ0n) is 21.1. The number of rotatable bonds is 4. The third-order valence-corrected chi connectivity index (χ3v) is 7.10. The van der Waals surface area contributed by atoms with E-state index < -0.39 is 71.4 Å². The van der Waals surface area contributed by atoms with E-state index in [4.69, 9.17) is 28.4 Å². The number of ether oxygens (including phenoxy) is 6. The zero-order chi connectivity index (χ0) is 27.5. The largest absolute Gasteiger partial charge is 0.466 e. The summed E-state index contributed by atoms with van der Waals surface area (Å²) in [5.41, 5.74) is -1.23. The number of carbonyl (C=O) groups excluding carboxylic acids is 4. The summed E-state index contributed by atoms with van der Waals surface area (Å²) in [6.45, 7) is 9.10. The highest BCUT2D eigenvalue weighted by molar-refractivity contribution is 5.93. The molecule has 4 heterocycles. The van der Waals surface area contributed by atoms with E-state index in [0.29, 0.717) is 0 Å². The summed E-state index contributed by atoms with van der Waals surface area (Å²) in [6, 6.07) is 0. The van der Waals surface area contributed by atoms with Gasteiger partial charge in [-0.25, -0.2) is 9.59 Å². The number of aliphatic hydroxyl groups is 2. The van der Waals surface area contributed by atoms with Gasteiger partial charge in [0, 0.05) is 31.8 Å². The lowest BCUT2D eigenvalue weighted by atomic mass is 9.81. The van der Waals surface area contributed by atoms with Gasteiger partial charge in [-0.2, -0.15) is 0 Å². The molecule has 12 nitrogen and oxygen atoms in total. The Balaban J connectivity index is 1.90. The molecular formula is C25H30O12. The molecule has 12 heteroatoms. The minimum Gasteiger partial charge on any atom is -0.466 e. The highest BCUT2D eigenvalue weighted by atomic mass is 16.8. The second-order valence-corrected chi connectivity index (χ2v) is 9.95. The quantitative estimate of drug-likeness (QED) is 0.171. The maximum atomic E-state index is 12.8. The molecule has 4 aliphatic rings. The molecule has 0 saturated carbocycles. The number of carbonyl (C=O) groups is 4. The van der Waals surface area contributed by atoms with Gasteiger partial charge in [-0.05, 0) is 38.0 Å². The summed E-state index contributed by atoms with van der Waals surface area (Å²) < 4.78 is 32.8. The van der Waals surface area contributed by atoms with Crippen molar-refractivity contribution in [2.75, 3.05) is 7.11 Å². The molecule has 37 heavy (non-hydrogen) atoms. The molecule has 202 valence electrons. The van der Waals surface area contributed by atoms with Crippen LogP contribution < -0.4 is 0 Å². The Kier molecular flexibility index (Phi) is 6.60. The van der Waals surface area contributed by atoms with Gasteiger partial charge in [0.2, 0.25) is 11.6 Å². The van der Waals surface area contributed by atoms with Crippen molar-refractivity contribution >= 4 is 23.9 Å². The topological polar surface area (TPSA) is 167 Å². The Bertz CT molecular complexity index is 1120. The molecule has 1 saturated heterocycles. The fourth-order valence-corrected chi connectivity index (χ4v) is 5.36.